The molecule has 2 rings (SSSR count). The van der Waals surface area contributed by atoms with E-state index in [1.807, 2.05) is 45.0 Å². The van der Waals surface area contributed by atoms with E-state index in [-0.39, 0.29) is 11.2 Å². The van der Waals surface area contributed by atoms with Crippen molar-refractivity contribution < 1.29 is 8.42 Å². The van der Waals surface area contributed by atoms with E-state index in [1.165, 1.54) is 4.57 Å². The highest BCUT2D eigenvalue weighted by Crippen LogP contribution is 2.26. The van der Waals surface area contributed by atoms with Crippen LogP contribution in [0, 0.1) is 6.92 Å². The SMILES string of the molecule is Cc1ccccc1-c1nnc(S(N)(=O)=O)n1C(C)C. The van der Waals surface area contributed by atoms with Gasteiger partial charge in [-0.05, 0) is 26.3 Å². The molecule has 0 aliphatic carbocycles. The molecule has 0 amide bonds. The van der Waals surface area contributed by atoms with Gasteiger partial charge in [-0.25, -0.2) is 13.6 Å². The van der Waals surface area contributed by atoms with Crippen molar-refractivity contribution in [3.63, 3.8) is 0 Å². The lowest BCUT2D eigenvalue weighted by Crippen LogP contribution is -2.20. The minimum absolute atomic E-state index is 0.113. The van der Waals surface area contributed by atoms with Crippen molar-refractivity contribution in [1.29, 1.82) is 0 Å². The number of hydrogen-bond donors (Lipinski definition) is 1. The Labute approximate surface area is 112 Å². The summed E-state index contributed by atoms with van der Waals surface area (Å²) in [6.07, 6.45) is 0. The van der Waals surface area contributed by atoms with Gasteiger partial charge in [0.15, 0.2) is 5.82 Å². The predicted octanol–water partition coefficient (Wildman–Crippen LogP) is 1.48. The highest BCUT2D eigenvalue weighted by Gasteiger charge is 2.24. The van der Waals surface area contributed by atoms with Gasteiger partial charge >= 0.3 is 0 Å². The van der Waals surface area contributed by atoms with Gasteiger partial charge in [-0.3, -0.25) is 4.57 Å². The van der Waals surface area contributed by atoms with Crippen LogP contribution in [-0.2, 0) is 10.0 Å². The van der Waals surface area contributed by atoms with Gasteiger partial charge in [0.25, 0.3) is 15.2 Å². The van der Waals surface area contributed by atoms with E-state index in [2.05, 4.69) is 10.2 Å². The molecular formula is C12H16N4O2S. The van der Waals surface area contributed by atoms with Crippen LogP contribution in [0.4, 0.5) is 0 Å². The summed E-state index contributed by atoms with van der Waals surface area (Å²) in [6, 6.07) is 7.49. The third-order valence-electron chi connectivity index (χ3n) is 2.82. The van der Waals surface area contributed by atoms with Crippen molar-refractivity contribution in [2.75, 3.05) is 0 Å². The first kappa shape index (κ1) is 13.7. The number of hydrogen-bond acceptors (Lipinski definition) is 4. The fraction of sp³-hybridized carbons (Fsp3) is 0.333. The lowest BCUT2D eigenvalue weighted by atomic mass is 10.1. The minimum Gasteiger partial charge on any atom is -0.294 e. The van der Waals surface area contributed by atoms with Crippen molar-refractivity contribution >= 4 is 10.0 Å². The van der Waals surface area contributed by atoms with E-state index < -0.39 is 10.0 Å². The van der Waals surface area contributed by atoms with E-state index in [9.17, 15) is 8.42 Å². The van der Waals surface area contributed by atoms with Crippen LogP contribution in [0.1, 0.15) is 25.5 Å². The number of nitrogens with two attached hydrogens (primary N) is 1. The molecule has 1 heterocycles. The number of aromatic nitrogens is 3. The molecular weight excluding hydrogens is 264 g/mol. The lowest BCUT2D eigenvalue weighted by molar-refractivity contribution is 0.524. The second-order valence-electron chi connectivity index (χ2n) is 4.63. The van der Waals surface area contributed by atoms with E-state index in [4.69, 9.17) is 5.14 Å². The smallest absolute Gasteiger partial charge is 0.273 e. The third kappa shape index (κ3) is 2.52. The second kappa shape index (κ2) is 4.75. The molecule has 0 radical (unpaired) electrons. The maximum atomic E-state index is 11.5. The summed E-state index contributed by atoms with van der Waals surface area (Å²) in [5.74, 6) is 0.511. The van der Waals surface area contributed by atoms with Gasteiger partial charge in [0.05, 0.1) is 0 Å². The van der Waals surface area contributed by atoms with E-state index in [0.29, 0.717) is 5.82 Å². The Hall–Kier alpha value is -1.73. The molecule has 0 unspecified atom stereocenters. The maximum absolute atomic E-state index is 11.5. The fourth-order valence-corrected chi connectivity index (χ4v) is 2.67. The number of nitrogens with zero attached hydrogens (tertiary/aromatic N) is 3. The molecule has 0 atom stereocenters. The Morgan fingerprint density at radius 2 is 1.84 bits per heavy atom. The van der Waals surface area contributed by atoms with Gasteiger partial charge < -0.3 is 0 Å². The van der Waals surface area contributed by atoms with Crippen LogP contribution < -0.4 is 5.14 Å². The molecule has 0 saturated heterocycles. The number of rotatable bonds is 3. The predicted molar refractivity (Wildman–Crippen MR) is 72.0 cm³/mol. The monoisotopic (exact) mass is 280 g/mol. The summed E-state index contributed by atoms with van der Waals surface area (Å²) in [4.78, 5) is 0. The largest absolute Gasteiger partial charge is 0.294 e. The summed E-state index contributed by atoms with van der Waals surface area (Å²) in [6.45, 7) is 5.66. The zero-order valence-corrected chi connectivity index (χ0v) is 11.8. The molecule has 0 fully saturated rings. The fourth-order valence-electron chi connectivity index (χ4n) is 1.94. The van der Waals surface area contributed by atoms with E-state index >= 15 is 0 Å². The van der Waals surface area contributed by atoms with Crippen LogP contribution in [0.2, 0.25) is 0 Å². The second-order valence-corrected chi connectivity index (χ2v) is 6.09. The molecule has 0 aliphatic heterocycles. The van der Waals surface area contributed by atoms with Crippen LogP contribution >= 0.6 is 0 Å². The topological polar surface area (TPSA) is 90.9 Å². The Morgan fingerprint density at radius 1 is 1.21 bits per heavy atom. The molecule has 0 spiro atoms. The van der Waals surface area contributed by atoms with Crippen molar-refractivity contribution in [2.24, 2.45) is 5.14 Å². The molecule has 2 aromatic rings. The average Bonchev–Trinajstić information content (AvgIpc) is 2.73. The standard InChI is InChI=1S/C12H16N4O2S/c1-8(2)16-11(10-7-5-4-6-9(10)3)14-15-12(16)19(13,17)18/h4-8H,1-3H3,(H2,13,17,18). The first-order chi connectivity index (χ1) is 8.82. The Bertz CT molecular complexity index is 704. The van der Waals surface area contributed by atoms with Gasteiger partial charge in [0, 0.05) is 11.6 Å². The number of aryl methyl sites for hydroxylation is 1. The van der Waals surface area contributed by atoms with Gasteiger partial charge in [-0.1, -0.05) is 24.3 Å². The van der Waals surface area contributed by atoms with Gasteiger partial charge in [-0.15, -0.1) is 10.2 Å². The average molecular weight is 280 g/mol. The molecule has 102 valence electrons. The van der Waals surface area contributed by atoms with Gasteiger partial charge in [0.2, 0.25) is 0 Å². The number of primary sulfonamides is 1. The lowest BCUT2D eigenvalue weighted by Gasteiger charge is -2.13. The maximum Gasteiger partial charge on any atom is 0.273 e. The molecule has 1 aromatic carbocycles. The number of sulfonamides is 1. The Kier molecular flexibility index (Phi) is 3.42. The Morgan fingerprint density at radius 3 is 2.37 bits per heavy atom. The molecule has 0 aliphatic rings. The molecule has 2 N–H and O–H groups in total. The van der Waals surface area contributed by atoms with Crippen molar-refractivity contribution in [2.45, 2.75) is 32.0 Å². The first-order valence-electron chi connectivity index (χ1n) is 5.86. The van der Waals surface area contributed by atoms with Crippen LogP contribution in [0.25, 0.3) is 11.4 Å². The van der Waals surface area contributed by atoms with Crippen molar-refractivity contribution in [1.82, 2.24) is 14.8 Å². The van der Waals surface area contributed by atoms with Gasteiger partial charge in [-0.2, -0.15) is 0 Å². The van der Waals surface area contributed by atoms with Gasteiger partial charge in [0.1, 0.15) is 0 Å². The van der Waals surface area contributed by atoms with Crippen LogP contribution in [0.3, 0.4) is 0 Å². The zero-order chi connectivity index (χ0) is 14.2. The highest BCUT2D eigenvalue weighted by molar-refractivity contribution is 7.89. The van der Waals surface area contributed by atoms with Crippen LogP contribution in [0.15, 0.2) is 29.4 Å². The summed E-state index contributed by atoms with van der Waals surface area (Å²) >= 11 is 0. The summed E-state index contributed by atoms with van der Waals surface area (Å²) in [5.41, 5.74) is 1.84. The Balaban J connectivity index is 2.74. The normalized spacial score (nSPS) is 12.1. The highest BCUT2D eigenvalue weighted by atomic mass is 32.2. The molecule has 19 heavy (non-hydrogen) atoms. The van der Waals surface area contributed by atoms with Crippen LogP contribution in [0.5, 0.6) is 0 Å². The summed E-state index contributed by atoms with van der Waals surface area (Å²) < 4.78 is 24.6. The molecule has 1 aromatic heterocycles. The summed E-state index contributed by atoms with van der Waals surface area (Å²) in [7, 11) is -3.89. The minimum atomic E-state index is -3.89. The number of benzene rings is 1. The van der Waals surface area contributed by atoms with E-state index in [1.54, 1.807) is 0 Å². The molecule has 6 nitrogen and oxygen atoms in total. The zero-order valence-electron chi connectivity index (χ0n) is 11.0. The molecule has 0 bridgehead atoms. The van der Waals surface area contributed by atoms with Crippen molar-refractivity contribution in [3.8, 4) is 11.4 Å². The van der Waals surface area contributed by atoms with Crippen molar-refractivity contribution in [3.05, 3.63) is 29.8 Å². The molecule has 7 heteroatoms. The molecule has 0 saturated carbocycles. The third-order valence-corrected chi connectivity index (χ3v) is 3.61. The quantitative estimate of drug-likeness (QED) is 0.922. The first-order valence-corrected chi connectivity index (χ1v) is 7.40. The van der Waals surface area contributed by atoms with Crippen LogP contribution in [-0.4, -0.2) is 23.2 Å². The van der Waals surface area contributed by atoms with E-state index in [0.717, 1.165) is 11.1 Å². The summed E-state index contributed by atoms with van der Waals surface area (Å²) in [5, 5.41) is 12.7.